The minimum absolute atomic E-state index is 0.0875. The van der Waals surface area contributed by atoms with Gasteiger partial charge in [-0.2, -0.15) is 0 Å². The topological polar surface area (TPSA) is 46.2 Å². The van der Waals surface area contributed by atoms with Gasteiger partial charge in [0.15, 0.2) is 0 Å². The van der Waals surface area contributed by atoms with E-state index in [2.05, 4.69) is 5.32 Å². The average Bonchev–Trinajstić information content (AvgIpc) is 3.01. The van der Waals surface area contributed by atoms with Crippen LogP contribution in [0.15, 0.2) is 66.7 Å². The second kappa shape index (κ2) is 7.51. The molecule has 0 radical (unpaired) electrons. The van der Waals surface area contributed by atoms with Crippen LogP contribution in [0.5, 0.6) is 0 Å². The number of ketones is 1. The third-order valence-corrected chi connectivity index (χ3v) is 7.30. The van der Waals surface area contributed by atoms with Crippen molar-refractivity contribution < 1.29 is 9.59 Å². The Morgan fingerprint density at radius 2 is 1.61 bits per heavy atom. The summed E-state index contributed by atoms with van der Waals surface area (Å²) in [5.41, 5.74) is 3.69. The fourth-order valence-corrected chi connectivity index (χ4v) is 5.93. The Labute approximate surface area is 191 Å². The van der Waals surface area contributed by atoms with Gasteiger partial charge in [-0.1, -0.05) is 65.7 Å². The Morgan fingerprint density at radius 1 is 0.871 bits per heavy atom. The van der Waals surface area contributed by atoms with E-state index in [4.69, 9.17) is 23.2 Å². The molecule has 0 bridgehead atoms. The number of fused-ring (bicyclic) bond motifs is 2. The number of hydrogen-bond acceptors (Lipinski definition) is 2. The van der Waals surface area contributed by atoms with E-state index in [1.165, 1.54) is 0 Å². The molecule has 1 N–H and O–H groups in total. The van der Waals surface area contributed by atoms with Crippen LogP contribution < -0.4 is 5.32 Å². The van der Waals surface area contributed by atoms with Crippen LogP contribution in [0.3, 0.4) is 0 Å². The third-order valence-electron chi connectivity index (χ3n) is 6.83. The van der Waals surface area contributed by atoms with Crippen molar-refractivity contribution in [1.29, 1.82) is 0 Å². The van der Waals surface area contributed by atoms with E-state index in [0.29, 0.717) is 16.5 Å². The van der Waals surface area contributed by atoms with Crippen molar-refractivity contribution in [2.75, 3.05) is 5.32 Å². The fraction of sp³-hybridized carbons (Fsp3) is 0.231. The summed E-state index contributed by atoms with van der Waals surface area (Å²) >= 11 is 12.6. The molecule has 1 heterocycles. The Balaban J connectivity index is 1.83. The standard InChI is InChI=1S/C26H21Cl2NO2/c1-15-5-2-3-8-20(15)23-14-19(30)13-22(16-6-4-7-17(27)11-16)26(23)21-10-9-18(28)12-24(21)29-25(26)31/h2-12,22-23H,13-14H2,1H3,(H,29,31)/t22?,23?,26-/m0/s1. The van der Waals surface area contributed by atoms with Crippen molar-refractivity contribution >= 4 is 40.6 Å². The minimum atomic E-state index is -0.926. The number of halogens is 2. The zero-order valence-electron chi connectivity index (χ0n) is 17.0. The highest BCUT2D eigenvalue weighted by Gasteiger charge is 2.60. The molecule has 0 saturated heterocycles. The number of carbonyl (C=O) groups is 2. The highest BCUT2D eigenvalue weighted by atomic mass is 35.5. The molecule has 2 unspecified atom stereocenters. The molecule has 3 aromatic rings. The first kappa shape index (κ1) is 20.3. The molecule has 5 heteroatoms. The quantitative estimate of drug-likeness (QED) is 0.490. The van der Waals surface area contributed by atoms with Gasteiger partial charge >= 0.3 is 0 Å². The van der Waals surface area contributed by atoms with Gasteiger partial charge in [-0.25, -0.2) is 0 Å². The predicted molar refractivity (Wildman–Crippen MR) is 124 cm³/mol. The smallest absolute Gasteiger partial charge is 0.236 e. The Bertz CT molecular complexity index is 1220. The monoisotopic (exact) mass is 449 g/mol. The molecule has 156 valence electrons. The lowest BCUT2D eigenvalue weighted by atomic mass is 9.53. The maximum atomic E-state index is 13.9. The van der Waals surface area contributed by atoms with Gasteiger partial charge in [0.25, 0.3) is 0 Å². The molecule has 1 fully saturated rings. The number of anilines is 1. The van der Waals surface area contributed by atoms with E-state index in [-0.39, 0.29) is 29.9 Å². The van der Waals surface area contributed by atoms with Crippen molar-refractivity contribution in [3.63, 3.8) is 0 Å². The SMILES string of the molecule is Cc1ccccc1C1CC(=O)CC(c2cccc(Cl)c2)[C@]12C(=O)Nc1cc(Cl)ccc12. The number of Topliss-reactive ketones (excluding diaryl/α,β-unsaturated/α-hetero) is 1. The number of amides is 1. The van der Waals surface area contributed by atoms with E-state index < -0.39 is 5.41 Å². The number of carbonyl (C=O) groups excluding carboxylic acids is 2. The zero-order valence-corrected chi connectivity index (χ0v) is 18.5. The molecule has 5 rings (SSSR count). The van der Waals surface area contributed by atoms with Crippen molar-refractivity contribution in [3.8, 4) is 0 Å². The molecule has 3 atom stereocenters. The van der Waals surface area contributed by atoms with Gasteiger partial charge in [-0.05, 0) is 53.4 Å². The van der Waals surface area contributed by atoms with Crippen LogP contribution in [0.25, 0.3) is 0 Å². The number of rotatable bonds is 2. The van der Waals surface area contributed by atoms with Crippen LogP contribution in [0.1, 0.15) is 46.9 Å². The van der Waals surface area contributed by atoms with Gasteiger partial charge < -0.3 is 5.32 Å². The number of hydrogen-bond donors (Lipinski definition) is 1. The molecule has 0 aromatic heterocycles. The summed E-state index contributed by atoms with van der Waals surface area (Å²) in [6.07, 6.45) is 0.607. The maximum Gasteiger partial charge on any atom is 0.236 e. The first-order valence-electron chi connectivity index (χ1n) is 10.4. The van der Waals surface area contributed by atoms with Crippen molar-refractivity contribution in [2.45, 2.75) is 37.0 Å². The van der Waals surface area contributed by atoms with Crippen LogP contribution in [-0.4, -0.2) is 11.7 Å². The number of aryl methyl sites for hydroxylation is 1. The van der Waals surface area contributed by atoms with Crippen LogP contribution in [0.4, 0.5) is 5.69 Å². The summed E-state index contributed by atoms with van der Waals surface area (Å²) in [7, 11) is 0. The second-order valence-corrected chi connectivity index (χ2v) is 9.35. The van der Waals surface area contributed by atoms with E-state index >= 15 is 0 Å². The van der Waals surface area contributed by atoms with Gasteiger partial charge in [0, 0.05) is 40.4 Å². The van der Waals surface area contributed by atoms with E-state index in [0.717, 1.165) is 27.9 Å². The normalized spacial score (nSPS) is 24.9. The minimum Gasteiger partial charge on any atom is -0.325 e. The molecular weight excluding hydrogens is 429 g/mol. The third kappa shape index (κ3) is 3.10. The van der Waals surface area contributed by atoms with E-state index in [1.54, 1.807) is 6.07 Å². The number of nitrogens with one attached hydrogen (secondary N) is 1. The van der Waals surface area contributed by atoms with Gasteiger partial charge in [0.05, 0.1) is 5.41 Å². The molecule has 31 heavy (non-hydrogen) atoms. The molecule has 3 nitrogen and oxygen atoms in total. The predicted octanol–water partition coefficient (Wildman–Crippen LogP) is 6.42. The second-order valence-electron chi connectivity index (χ2n) is 8.48. The lowest BCUT2D eigenvalue weighted by Gasteiger charge is -2.46. The van der Waals surface area contributed by atoms with E-state index in [9.17, 15) is 9.59 Å². The molecule has 2 aliphatic rings. The summed E-state index contributed by atoms with van der Waals surface area (Å²) in [5, 5.41) is 4.23. The largest absolute Gasteiger partial charge is 0.325 e. The Hall–Kier alpha value is -2.62. The summed E-state index contributed by atoms with van der Waals surface area (Å²) in [5.74, 6) is -0.560. The Morgan fingerprint density at radius 3 is 2.39 bits per heavy atom. The average molecular weight is 450 g/mol. The molecule has 1 amide bonds. The first-order valence-corrected chi connectivity index (χ1v) is 11.1. The van der Waals surface area contributed by atoms with Gasteiger partial charge in [0.2, 0.25) is 5.91 Å². The van der Waals surface area contributed by atoms with Crippen molar-refractivity contribution in [2.24, 2.45) is 0 Å². The molecular formula is C26H21Cl2NO2. The fourth-order valence-electron chi connectivity index (χ4n) is 5.56. The number of benzene rings is 3. The maximum absolute atomic E-state index is 13.9. The summed E-state index contributed by atoms with van der Waals surface area (Å²) < 4.78 is 0. The molecule has 1 saturated carbocycles. The van der Waals surface area contributed by atoms with Gasteiger partial charge in [-0.15, -0.1) is 0 Å². The summed E-state index contributed by atoms with van der Waals surface area (Å²) in [6, 6.07) is 21.1. The Kier molecular flexibility index (Phi) is 4.91. The lowest BCUT2D eigenvalue weighted by Crippen LogP contribution is -2.50. The van der Waals surface area contributed by atoms with Gasteiger partial charge in [-0.3, -0.25) is 9.59 Å². The van der Waals surface area contributed by atoms with Crippen LogP contribution in [-0.2, 0) is 15.0 Å². The van der Waals surface area contributed by atoms with Gasteiger partial charge in [0.1, 0.15) is 5.78 Å². The molecule has 1 spiro atoms. The zero-order chi connectivity index (χ0) is 21.8. The highest BCUT2D eigenvalue weighted by molar-refractivity contribution is 6.31. The molecule has 3 aromatic carbocycles. The molecule has 1 aliphatic carbocycles. The van der Waals surface area contributed by atoms with E-state index in [1.807, 2.05) is 67.6 Å². The first-order chi connectivity index (χ1) is 14.9. The van der Waals surface area contributed by atoms with Crippen molar-refractivity contribution in [3.05, 3.63) is 99.0 Å². The summed E-state index contributed by atoms with van der Waals surface area (Å²) in [4.78, 5) is 26.9. The summed E-state index contributed by atoms with van der Waals surface area (Å²) in [6.45, 7) is 2.03. The van der Waals surface area contributed by atoms with Crippen LogP contribution >= 0.6 is 23.2 Å². The van der Waals surface area contributed by atoms with Crippen LogP contribution in [0, 0.1) is 6.92 Å². The van der Waals surface area contributed by atoms with Crippen LogP contribution in [0.2, 0.25) is 10.0 Å². The highest BCUT2D eigenvalue weighted by Crippen LogP contribution is 2.60. The molecule has 1 aliphatic heterocycles. The lowest BCUT2D eigenvalue weighted by molar-refractivity contribution is -0.128. The van der Waals surface area contributed by atoms with Crippen molar-refractivity contribution in [1.82, 2.24) is 0 Å².